The normalized spacial score (nSPS) is 10.3. The number of anilines is 1. The van der Waals surface area contributed by atoms with Crippen LogP contribution in [0.4, 0.5) is 5.69 Å². The summed E-state index contributed by atoms with van der Waals surface area (Å²) in [5.41, 5.74) is 3.61. The summed E-state index contributed by atoms with van der Waals surface area (Å²) in [6.45, 7) is 2.88. The van der Waals surface area contributed by atoms with E-state index in [9.17, 15) is 0 Å². The number of benzene rings is 1. The van der Waals surface area contributed by atoms with Crippen LogP contribution in [0, 0.1) is 6.92 Å². The van der Waals surface area contributed by atoms with Crippen LogP contribution < -0.4 is 5.32 Å². The molecule has 0 aliphatic rings. The molecule has 78 valence electrons. The second-order valence-corrected chi connectivity index (χ2v) is 4.56. The Hall–Kier alpha value is -0.990. The molecule has 0 fully saturated rings. The summed E-state index contributed by atoms with van der Waals surface area (Å²) in [5.74, 6) is 0. The fraction of sp³-hybridized carbons (Fsp3) is 0.167. The van der Waals surface area contributed by atoms with Crippen molar-refractivity contribution in [3.8, 4) is 0 Å². The molecule has 2 rings (SSSR count). The maximum Gasteiger partial charge on any atom is 0.0481 e. The van der Waals surface area contributed by atoms with E-state index in [1.165, 1.54) is 11.3 Å². The van der Waals surface area contributed by atoms with Gasteiger partial charge in [0.25, 0.3) is 0 Å². The minimum Gasteiger partial charge on any atom is -0.380 e. The zero-order valence-corrected chi connectivity index (χ0v) is 10.0. The average Bonchev–Trinajstić information content (AvgIpc) is 2.63. The molecule has 0 unspecified atom stereocenters. The van der Waals surface area contributed by atoms with Gasteiger partial charge in [0.05, 0.1) is 0 Å². The smallest absolute Gasteiger partial charge is 0.0481 e. The third-order valence-electron chi connectivity index (χ3n) is 2.28. The number of hydrogen-bond acceptors (Lipinski definition) is 2. The van der Waals surface area contributed by atoms with Gasteiger partial charge < -0.3 is 5.32 Å². The lowest BCUT2D eigenvalue weighted by Crippen LogP contribution is -1.99. The number of thiophene rings is 1. The highest BCUT2D eigenvalue weighted by Gasteiger charge is 2.01. The molecule has 0 saturated heterocycles. The molecule has 2 aromatic rings. The van der Waals surface area contributed by atoms with Crippen LogP contribution in [-0.4, -0.2) is 0 Å². The van der Waals surface area contributed by atoms with Crippen LogP contribution in [0.25, 0.3) is 0 Å². The van der Waals surface area contributed by atoms with Gasteiger partial charge in [-0.05, 0) is 29.5 Å². The Balaban J connectivity index is 2.06. The molecule has 0 amide bonds. The summed E-state index contributed by atoms with van der Waals surface area (Å²) < 4.78 is 0. The fourth-order valence-corrected chi connectivity index (χ4v) is 2.38. The van der Waals surface area contributed by atoms with Crippen molar-refractivity contribution in [1.82, 2.24) is 0 Å². The van der Waals surface area contributed by atoms with E-state index in [2.05, 4.69) is 23.0 Å². The van der Waals surface area contributed by atoms with Crippen molar-refractivity contribution in [1.29, 1.82) is 0 Å². The first-order valence-corrected chi connectivity index (χ1v) is 6.09. The molecule has 0 bridgehead atoms. The predicted molar refractivity (Wildman–Crippen MR) is 67.8 cm³/mol. The highest BCUT2D eigenvalue weighted by molar-refractivity contribution is 7.08. The summed E-state index contributed by atoms with van der Waals surface area (Å²) in [4.78, 5) is 0. The SMILES string of the molecule is Cc1cscc1NCc1ccccc1Cl. The second kappa shape index (κ2) is 4.69. The molecule has 0 atom stereocenters. The summed E-state index contributed by atoms with van der Waals surface area (Å²) >= 11 is 7.78. The van der Waals surface area contributed by atoms with E-state index < -0.39 is 0 Å². The van der Waals surface area contributed by atoms with Gasteiger partial charge in [0.1, 0.15) is 0 Å². The topological polar surface area (TPSA) is 12.0 Å². The van der Waals surface area contributed by atoms with E-state index in [4.69, 9.17) is 11.6 Å². The highest BCUT2D eigenvalue weighted by Crippen LogP contribution is 2.22. The van der Waals surface area contributed by atoms with E-state index in [1.807, 2.05) is 24.3 Å². The Morgan fingerprint density at radius 2 is 2.07 bits per heavy atom. The van der Waals surface area contributed by atoms with Crippen LogP contribution in [0.2, 0.25) is 5.02 Å². The quantitative estimate of drug-likeness (QED) is 0.838. The first-order chi connectivity index (χ1) is 7.27. The standard InChI is InChI=1S/C12H12ClNS/c1-9-7-15-8-12(9)14-6-10-4-2-3-5-11(10)13/h2-5,7-8,14H,6H2,1H3. The molecule has 0 aliphatic carbocycles. The largest absolute Gasteiger partial charge is 0.380 e. The molecule has 3 heteroatoms. The second-order valence-electron chi connectivity index (χ2n) is 3.41. The van der Waals surface area contributed by atoms with Gasteiger partial charge in [0.15, 0.2) is 0 Å². The average molecular weight is 238 g/mol. The molecule has 1 heterocycles. The van der Waals surface area contributed by atoms with Crippen molar-refractivity contribution in [2.24, 2.45) is 0 Å². The van der Waals surface area contributed by atoms with Crippen LogP contribution >= 0.6 is 22.9 Å². The molecule has 0 aliphatic heterocycles. The van der Waals surface area contributed by atoms with E-state index >= 15 is 0 Å². The van der Waals surface area contributed by atoms with E-state index in [0.29, 0.717) is 0 Å². The minimum absolute atomic E-state index is 0.775. The van der Waals surface area contributed by atoms with Gasteiger partial charge in [-0.1, -0.05) is 29.8 Å². The summed E-state index contributed by atoms with van der Waals surface area (Å²) in [6.07, 6.45) is 0. The molecule has 15 heavy (non-hydrogen) atoms. The lowest BCUT2D eigenvalue weighted by molar-refractivity contribution is 1.15. The van der Waals surface area contributed by atoms with Gasteiger partial charge in [-0.15, -0.1) is 11.3 Å². The monoisotopic (exact) mass is 237 g/mol. The Bertz CT molecular complexity index is 450. The molecule has 1 aromatic heterocycles. The van der Waals surface area contributed by atoms with Crippen LogP contribution in [0.3, 0.4) is 0 Å². The van der Waals surface area contributed by atoms with Gasteiger partial charge in [0, 0.05) is 22.6 Å². The molecule has 1 aromatic carbocycles. The van der Waals surface area contributed by atoms with E-state index in [1.54, 1.807) is 11.3 Å². The first-order valence-electron chi connectivity index (χ1n) is 4.77. The van der Waals surface area contributed by atoms with Crippen molar-refractivity contribution in [2.45, 2.75) is 13.5 Å². The molecular formula is C12H12ClNS. The Morgan fingerprint density at radius 1 is 1.27 bits per heavy atom. The molecule has 1 N–H and O–H groups in total. The van der Waals surface area contributed by atoms with Crippen molar-refractivity contribution in [3.63, 3.8) is 0 Å². The Morgan fingerprint density at radius 3 is 2.73 bits per heavy atom. The fourth-order valence-electron chi connectivity index (χ4n) is 1.37. The minimum atomic E-state index is 0.775. The number of nitrogens with one attached hydrogen (secondary N) is 1. The van der Waals surface area contributed by atoms with Gasteiger partial charge in [0.2, 0.25) is 0 Å². The number of halogens is 1. The molecule has 1 nitrogen and oxygen atoms in total. The van der Waals surface area contributed by atoms with Crippen LogP contribution in [0.1, 0.15) is 11.1 Å². The molecule has 0 radical (unpaired) electrons. The summed E-state index contributed by atoms with van der Waals surface area (Å²) in [6, 6.07) is 7.90. The van der Waals surface area contributed by atoms with Crippen molar-refractivity contribution in [2.75, 3.05) is 5.32 Å². The predicted octanol–water partition coefficient (Wildman–Crippen LogP) is 4.32. The van der Waals surface area contributed by atoms with Crippen LogP contribution in [0.5, 0.6) is 0 Å². The zero-order chi connectivity index (χ0) is 10.7. The van der Waals surface area contributed by atoms with Crippen molar-refractivity contribution in [3.05, 3.63) is 51.2 Å². The lowest BCUT2D eigenvalue weighted by atomic mass is 10.2. The highest BCUT2D eigenvalue weighted by atomic mass is 35.5. The first kappa shape index (κ1) is 10.5. The van der Waals surface area contributed by atoms with Crippen molar-refractivity contribution < 1.29 is 0 Å². The maximum atomic E-state index is 6.07. The Kier molecular flexibility index (Phi) is 3.29. The van der Waals surface area contributed by atoms with Gasteiger partial charge >= 0.3 is 0 Å². The van der Waals surface area contributed by atoms with Crippen molar-refractivity contribution >= 4 is 28.6 Å². The van der Waals surface area contributed by atoms with E-state index in [0.717, 1.165) is 17.1 Å². The zero-order valence-electron chi connectivity index (χ0n) is 8.46. The number of aryl methyl sites for hydroxylation is 1. The third kappa shape index (κ3) is 2.52. The van der Waals surface area contributed by atoms with Crippen LogP contribution in [-0.2, 0) is 6.54 Å². The van der Waals surface area contributed by atoms with E-state index in [-0.39, 0.29) is 0 Å². The third-order valence-corrected chi connectivity index (χ3v) is 3.51. The molecule has 0 spiro atoms. The molecular weight excluding hydrogens is 226 g/mol. The number of rotatable bonds is 3. The van der Waals surface area contributed by atoms with Gasteiger partial charge in [-0.2, -0.15) is 0 Å². The Labute approximate surface area is 98.7 Å². The van der Waals surface area contributed by atoms with Gasteiger partial charge in [-0.25, -0.2) is 0 Å². The summed E-state index contributed by atoms with van der Waals surface area (Å²) in [5, 5.41) is 8.44. The lowest BCUT2D eigenvalue weighted by Gasteiger charge is -2.07. The maximum absolute atomic E-state index is 6.07. The summed E-state index contributed by atoms with van der Waals surface area (Å²) in [7, 11) is 0. The number of hydrogen-bond donors (Lipinski definition) is 1. The van der Waals surface area contributed by atoms with Gasteiger partial charge in [-0.3, -0.25) is 0 Å². The van der Waals surface area contributed by atoms with Crippen LogP contribution in [0.15, 0.2) is 35.0 Å². The molecule has 0 saturated carbocycles.